The van der Waals surface area contributed by atoms with E-state index in [4.69, 9.17) is 9.47 Å². The molecule has 0 aliphatic carbocycles. The third-order valence-corrected chi connectivity index (χ3v) is 4.68. The van der Waals surface area contributed by atoms with Crippen LogP contribution in [0.4, 0.5) is 5.69 Å². The van der Waals surface area contributed by atoms with Gasteiger partial charge in [-0.3, -0.25) is 9.69 Å². The first kappa shape index (κ1) is 16.9. The van der Waals surface area contributed by atoms with Crippen LogP contribution >= 0.6 is 11.3 Å². The lowest BCUT2D eigenvalue weighted by atomic mass is 10.2. The average molecular weight is 347 g/mol. The molecule has 1 aromatic heterocycles. The van der Waals surface area contributed by atoms with Crippen LogP contribution in [0, 0.1) is 6.92 Å². The molecule has 0 spiro atoms. The lowest BCUT2D eigenvalue weighted by molar-refractivity contribution is 0.0341. The van der Waals surface area contributed by atoms with Crippen molar-refractivity contribution < 1.29 is 14.3 Å². The highest BCUT2D eigenvalue weighted by Gasteiger charge is 2.16. The number of amides is 1. The first-order valence-electron chi connectivity index (χ1n) is 7.86. The van der Waals surface area contributed by atoms with Crippen LogP contribution < -0.4 is 10.1 Å². The third-order valence-electron chi connectivity index (χ3n) is 3.85. The monoisotopic (exact) mass is 347 g/mol. The highest BCUT2D eigenvalue weighted by atomic mass is 32.1. The summed E-state index contributed by atoms with van der Waals surface area (Å²) < 4.78 is 10.6. The van der Waals surface area contributed by atoms with Gasteiger partial charge in [0, 0.05) is 18.5 Å². The first-order chi connectivity index (χ1) is 11.7. The fraction of sp³-hybridized carbons (Fsp3) is 0.412. The Kier molecular flexibility index (Phi) is 5.44. The van der Waals surface area contributed by atoms with E-state index in [2.05, 4.69) is 15.2 Å². The molecule has 1 aliphatic heterocycles. The van der Waals surface area contributed by atoms with Crippen LogP contribution in [-0.2, 0) is 11.3 Å². The Labute approximate surface area is 145 Å². The van der Waals surface area contributed by atoms with Gasteiger partial charge in [-0.15, -0.1) is 11.3 Å². The van der Waals surface area contributed by atoms with Crippen LogP contribution in [-0.4, -0.2) is 49.2 Å². The number of hydrogen-bond donors (Lipinski definition) is 1. The van der Waals surface area contributed by atoms with Crippen molar-refractivity contribution in [3.8, 4) is 5.75 Å². The molecule has 1 saturated heterocycles. The summed E-state index contributed by atoms with van der Waals surface area (Å²) in [6, 6.07) is 5.67. The van der Waals surface area contributed by atoms with Crippen LogP contribution in [0.25, 0.3) is 0 Å². The first-order valence-corrected chi connectivity index (χ1v) is 8.74. The minimum Gasteiger partial charge on any atom is -0.495 e. The molecular formula is C17H21N3O3S. The number of carbonyl (C=O) groups is 1. The molecule has 1 aliphatic rings. The number of aromatic nitrogens is 1. The summed E-state index contributed by atoms with van der Waals surface area (Å²) in [6.07, 6.45) is 0. The minimum atomic E-state index is -0.219. The normalized spacial score (nSPS) is 15.2. The zero-order chi connectivity index (χ0) is 16.9. The van der Waals surface area contributed by atoms with E-state index >= 15 is 0 Å². The topological polar surface area (TPSA) is 63.7 Å². The number of nitrogens with one attached hydrogen (secondary N) is 1. The van der Waals surface area contributed by atoms with E-state index in [9.17, 15) is 4.79 Å². The number of nitrogens with zero attached hydrogens (tertiary/aromatic N) is 2. The van der Waals surface area contributed by atoms with Crippen LogP contribution in [0.2, 0.25) is 0 Å². The van der Waals surface area contributed by atoms with Gasteiger partial charge in [-0.25, -0.2) is 4.98 Å². The van der Waals surface area contributed by atoms with Crippen LogP contribution in [0.5, 0.6) is 5.75 Å². The molecule has 0 bridgehead atoms. The quantitative estimate of drug-likeness (QED) is 0.900. The number of thiazole rings is 1. The SMILES string of the molecule is COc1ccc(C)cc1NC(=O)c1csc(CN2CCOCC2)n1. The van der Waals surface area contributed by atoms with Crippen molar-refractivity contribution in [3.63, 3.8) is 0 Å². The van der Waals surface area contributed by atoms with E-state index in [0.29, 0.717) is 17.1 Å². The minimum absolute atomic E-state index is 0.219. The van der Waals surface area contributed by atoms with Gasteiger partial charge in [0.15, 0.2) is 0 Å². The van der Waals surface area contributed by atoms with Crippen LogP contribution in [0.1, 0.15) is 21.1 Å². The van der Waals surface area contributed by atoms with Crippen molar-refractivity contribution in [1.29, 1.82) is 0 Å². The largest absolute Gasteiger partial charge is 0.495 e. The van der Waals surface area contributed by atoms with E-state index in [-0.39, 0.29) is 5.91 Å². The Morgan fingerprint density at radius 1 is 1.42 bits per heavy atom. The number of anilines is 1. The molecule has 128 valence electrons. The van der Waals surface area contributed by atoms with Crippen molar-refractivity contribution in [1.82, 2.24) is 9.88 Å². The summed E-state index contributed by atoms with van der Waals surface area (Å²) in [5.74, 6) is 0.418. The van der Waals surface area contributed by atoms with Crippen molar-refractivity contribution in [2.45, 2.75) is 13.5 Å². The van der Waals surface area contributed by atoms with Gasteiger partial charge in [-0.1, -0.05) is 6.07 Å². The Morgan fingerprint density at radius 3 is 2.96 bits per heavy atom. The smallest absolute Gasteiger partial charge is 0.275 e. The standard InChI is InChI=1S/C17H21N3O3S/c1-12-3-4-15(22-2)13(9-12)19-17(21)14-11-24-16(18-14)10-20-5-7-23-8-6-20/h3-4,9,11H,5-8,10H2,1-2H3,(H,19,21). The Balaban J connectivity index is 1.66. The fourth-order valence-corrected chi connectivity index (χ4v) is 3.36. The molecule has 0 saturated carbocycles. The summed E-state index contributed by atoms with van der Waals surface area (Å²) >= 11 is 1.51. The van der Waals surface area contributed by atoms with Gasteiger partial charge in [0.2, 0.25) is 0 Å². The number of morpholine rings is 1. The fourth-order valence-electron chi connectivity index (χ4n) is 2.54. The molecule has 24 heavy (non-hydrogen) atoms. The van der Waals surface area contributed by atoms with Gasteiger partial charge in [0.05, 0.1) is 32.6 Å². The number of carbonyl (C=O) groups excluding carboxylic acids is 1. The maximum Gasteiger partial charge on any atom is 0.275 e. The van der Waals surface area contributed by atoms with Gasteiger partial charge in [0.25, 0.3) is 5.91 Å². The number of rotatable bonds is 5. The zero-order valence-electron chi connectivity index (χ0n) is 13.9. The van der Waals surface area contributed by atoms with Gasteiger partial charge >= 0.3 is 0 Å². The molecule has 3 rings (SSSR count). The van der Waals surface area contributed by atoms with Crippen molar-refractivity contribution in [2.24, 2.45) is 0 Å². The van der Waals surface area contributed by atoms with Gasteiger partial charge in [-0.05, 0) is 24.6 Å². The van der Waals surface area contributed by atoms with E-state index in [1.807, 2.05) is 25.1 Å². The summed E-state index contributed by atoms with van der Waals surface area (Å²) in [4.78, 5) is 19.2. The molecule has 6 nitrogen and oxygen atoms in total. The Morgan fingerprint density at radius 2 is 2.21 bits per heavy atom. The molecule has 0 unspecified atom stereocenters. The molecule has 1 aromatic carbocycles. The summed E-state index contributed by atoms with van der Waals surface area (Å²) in [6.45, 7) is 6.05. The molecule has 1 fully saturated rings. The van der Waals surface area contributed by atoms with E-state index in [1.54, 1.807) is 12.5 Å². The number of aryl methyl sites for hydroxylation is 1. The number of hydrogen-bond acceptors (Lipinski definition) is 6. The Hall–Kier alpha value is -1.96. The van der Waals surface area contributed by atoms with Gasteiger partial charge in [-0.2, -0.15) is 0 Å². The van der Waals surface area contributed by atoms with Crippen molar-refractivity contribution in [2.75, 3.05) is 38.7 Å². The van der Waals surface area contributed by atoms with E-state index < -0.39 is 0 Å². The molecule has 1 amide bonds. The molecule has 2 aromatic rings. The predicted octanol–water partition coefficient (Wildman–Crippen LogP) is 2.54. The third kappa shape index (κ3) is 4.11. The highest BCUT2D eigenvalue weighted by molar-refractivity contribution is 7.09. The number of methoxy groups -OCH3 is 1. The highest BCUT2D eigenvalue weighted by Crippen LogP contribution is 2.26. The molecule has 2 heterocycles. The zero-order valence-corrected chi connectivity index (χ0v) is 14.7. The second-order valence-corrected chi connectivity index (χ2v) is 6.62. The summed E-state index contributed by atoms with van der Waals surface area (Å²) in [5, 5.41) is 5.62. The van der Waals surface area contributed by atoms with Gasteiger partial charge < -0.3 is 14.8 Å². The molecule has 0 atom stereocenters. The molecule has 0 radical (unpaired) electrons. The lowest BCUT2D eigenvalue weighted by Gasteiger charge is -2.25. The maximum atomic E-state index is 12.4. The molecule has 7 heteroatoms. The predicted molar refractivity (Wildman–Crippen MR) is 93.9 cm³/mol. The number of ether oxygens (including phenoxy) is 2. The lowest BCUT2D eigenvalue weighted by Crippen LogP contribution is -2.35. The molecular weight excluding hydrogens is 326 g/mol. The Bertz CT molecular complexity index is 711. The summed E-state index contributed by atoms with van der Waals surface area (Å²) in [7, 11) is 1.59. The van der Waals surface area contributed by atoms with Gasteiger partial charge in [0.1, 0.15) is 16.5 Å². The van der Waals surface area contributed by atoms with E-state index in [1.165, 1.54) is 11.3 Å². The van der Waals surface area contributed by atoms with Crippen LogP contribution in [0.3, 0.4) is 0 Å². The molecule has 1 N–H and O–H groups in total. The second kappa shape index (κ2) is 7.74. The summed E-state index contributed by atoms with van der Waals surface area (Å²) in [5.41, 5.74) is 2.15. The van der Waals surface area contributed by atoms with Crippen molar-refractivity contribution >= 4 is 22.9 Å². The van der Waals surface area contributed by atoms with Crippen LogP contribution in [0.15, 0.2) is 23.6 Å². The number of benzene rings is 1. The second-order valence-electron chi connectivity index (χ2n) is 5.67. The maximum absolute atomic E-state index is 12.4. The van der Waals surface area contributed by atoms with Crippen molar-refractivity contribution in [3.05, 3.63) is 39.8 Å². The average Bonchev–Trinajstić information content (AvgIpc) is 3.05. The van der Waals surface area contributed by atoms with E-state index in [0.717, 1.165) is 43.4 Å².